The summed E-state index contributed by atoms with van der Waals surface area (Å²) in [5.74, 6) is 0.0192. The zero-order valence-electron chi connectivity index (χ0n) is 14.1. The first-order valence-electron chi connectivity index (χ1n) is 8.49. The molecule has 0 bridgehead atoms. The van der Waals surface area contributed by atoms with Crippen LogP contribution in [0.2, 0.25) is 0 Å². The lowest BCUT2D eigenvalue weighted by molar-refractivity contribution is -0.138. The van der Waals surface area contributed by atoms with Crippen LogP contribution in [-0.2, 0) is 16.8 Å². The van der Waals surface area contributed by atoms with Crippen molar-refractivity contribution in [2.75, 3.05) is 13.1 Å². The highest BCUT2D eigenvalue weighted by molar-refractivity contribution is 5.91. The molecule has 1 atom stereocenters. The van der Waals surface area contributed by atoms with Crippen LogP contribution in [-0.4, -0.2) is 49.4 Å². The zero-order valence-corrected chi connectivity index (χ0v) is 14.1. The maximum Gasteiger partial charge on any atom is 0.227 e. The number of benzene rings is 1. The van der Waals surface area contributed by atoms with E-state index in [9.17, 15) is 9.90 Å². The Labute approximate surface area is 145 Å². The molecule has 7 heteroatoms. The fraction of sp³-hybridized carbons (Fsp3) is 0.389. The molecule has 0 radical (unpaired) electrons. The number of carbonyl (C=O) groups excluding carboxylic acids is 1. The molecular formula is C18H21N5O2. The predicted octanol–water partition coefficient (Wildman–Crippen LogP) is 1.65. The number of hydrogen-bond acceptors (Lipinski definition) is 4. The molecule has 130 valence electrons. The first-order chi connectivity index (χ1) is 12.1. The minimum absolute atomic E-state index is 0.0192. The van der Waals surface area contributed by atoms with Gasteiger partial charge in [0.25, 0.3) is 0 Å². The predicted molar refractivity (Wildman–Crippen MR) is 92.8 cm³/mol. The molecular weight excluding hydrogens is 318 g/mol. The van der Waals surface area contributed by atoms with Gasteiger partial charge in [0.1, 0.15) is 11.3 Å². The molecule has 1 unspecified atom stereocenters. The van der Waals surface area contributed by atoms with Gasteiger partial charge in [0, 0.05) is 23.6 Å². The molecule has 0 aliphatic carbocycles. The van der Waals surface area contributed by atoms with Gasteiger partial charge in [0.2, 0.25) is 5.91 Å². The molecule has 25 heavy (non-hydrogen) atoms. The van der Waals surface area contributed by atoms with Crippen LogP contribution in [0.15, 0.2) is 30.6 Å². The lowest BCUT2D eigenvalue weighted by Gasteiger charge is -2.38. The van der Waals surface area contributed by atoms with E-state index < -0.39 is 5.60 Å². The third-order valence-electron chi connectivity index (χ3n) is 5.05. The monoisotopic (exact) mass is 339 g/mol. The quantitative estimate of drug-likeness (QED) is 0.676. The van der Waals surface area contributed by atoms with E-state index >= 15 is 0 Å². The second-order valence-electron chi connectivity index (χ2n) is 6.79. The smallest absolute Gasteiger partial charge is 0.227 e. The van der Waals surface area contributed by atoms with Crippen molar-refractivity contribution in [1.82, 2.24) is 25.3 Å². The van der Waals surface area contributed by atoms with Gasteiger partial charge in [-0.1, -0.05) is 12.1 Å². The van der Waals surface area contributed by atoms with E-state index in [-0.39, 0.29) is 12.5 Å². The Morgan fingerprint density at radius 2 is 2.32 bits per heavy atom. The number of hydrogen-bond donors (Lipinski definition) is 3. The molecule has 3 aromatic rings. The van der Waals surface area contributed by atoms with Crippen molar-refractivity contribution in [3.63, 3.8) is 0 Å². The summed E-state index contributed by atoms with van der Waals surface area (Å²) in [6.07, 6.45) is 5.07. The van der Waals surface area contributed by atoms with Gasteiger partial charge in [0.15, 0.2) is 0 Å². The number of β-amino-alcohol motifs (C(OH)–C–C–N with tert-alkyl or cyclic N) is 1. The van der Waals surface area contributed by atoms with E-state index in [4.69, 9.17) is 0 Å². The standard InChI is InChI=1S/C18H21N5O2/c1-12-4-2-5-14-17(12)13(9-19-14)8-16(24)23-7-3-6-18(25,11-23)15-10-20-22-21-15/h2,4-5,9-10,19,25H,3,6-8,11H2,1H3,(H,20,21,22). The lowest BCUT2D eigenvalue weighted by atomic mass is 9.89. The van der Waals surface area contributed by atoms with Crippen LogP contribution in [0.1, 0.15) is 29.7 Å². The van der Waals surface area contributed by atoms with E-state index in [1.165, 1.54) is 6.20 Å². The number of nitrogens with one attached hydrogen (secondary N) is 2. The van der Waals surface area contributed by atoms with Crippen LogP contribution in [0.3, 0.4) is 0 Å². The highest BCUT2D eigenvalue weighted by Crippen LogP contribution is 2.30. The third kappa shape index (κ3) is 2.80. The van der Waals surface area contributed by atoms with Crippen LogP contribution in [0.25, 0.3) is 10.9 Å². The number of carbonyl (C=O) groups is 1. The second-order valence-corrected chi connectivity index (χ2v) is 6.79. The van der Waals surface area contributed by atoms with Gasteiger partial charge < -0.3 is 15.0 Å². The normalized spacial score (nSPS) is 21.0. The van der Waals surface area contributed by atoms with Gasteiger partial charge in [-0.25, -0.2) is 0 Å². The van der Waals surface area contributed by atoms with Crippen molar-refractivity contribution >= 4 is 16.8 Å². The summed E-state index contributed by atoms with van der Waals surface area (Å²) in [5.41, 5.74) is 2.55. The van der Waals surface area contributed by atoms with Crippen LogP contribution in [0, 0.1) is 6.92 Å². The topological polar surface area (TPSA) is 97.9 Å². The Morgan fingerprint density at radius 1 is 1.44 bits per heavy atom. The Balaban J connectivity index is 1.54. The summed E-state index contributed by atoms with van der Waals surface area (Å²) in [6.45, 7) is 2.95. The number of rotatable bonds is 3. The van der Waals surface area contributed by atoms with E-state index in [1.807, 2.05) is 31.3 Å². The van der Waals surface area contributed by atoms with Crippen molar-refractivity contribution in [2.45, 2.75) is 31.8 Å². The highest BCUT2D eigenvalue weighted by Gasteiger charge is 2.38. The Hall–Kier alpha value is -2.67. The minimum atomic E-state index is -1.13. The van der Waals surface area contributed by atoms with Crippen LogP contribution in [0.4, 0.5) is 0 Å². The Morgan fingerprint density at radius 3 is 3.12 bits per heavy atom. The van der Waals surface area contributed by atoms with Crippen LogP contribution >= 0.6 is 0 Å². The average molecular weight is 339 g/mol. The maximum atomic E-state index is 12.8. The molecule has 0 saturated carbocycles. The molecule has 3 N–H and O–H groups in total. The fourth-order valence-corrected chi connectivity index (χ4v) is 3.75. The molecule has 1 fully saturated rings. The van der Waals surface area contributed by atoms with Gasteiger partial charge in [-0.3, -0.25) is 4.79 Å². The molecule has 1 amide bonds. The van der Waals surface area contributed by atoms with E-state index in [0.29, 0.717) is 25.1 Å². The number of fused-ring (bicyclic) bond motifs is 1. The minimum Gasteiger partial charge on any atom is -0.382 e. The molecule has 1 saturated heterocycles. The Bertz CT molecular complexity index is 901. The number of H-pyrrole nitrogens is 2. The third-order valence-corrected chi connectivity index (χ3v) is 5.05. The van der Waals surface area contributed by atoms with Gasteiger partial charge in [0.05, 0.1) is 19.2 Å². The SMILES string of the molecule is Cc1cccc2[nH]cc(CC(=O)N3CCCC(O)(c4cn[nH]n4)C3)c12. The summed E-state index contributed by atoms with van der Waals surface area (Å²) >= 11 is 0. The van der Waals surface area contributed by atoms with E-state index in [2.05, 4.69) is 20.4 Å². The van der Waals surface area contributed by atoms with Gasteiger partial charge in [-0.05, 0) is 37.0 Å². The zero-order chi connectivity index (χ0) is 17.4. The number of aryl methyl sites for hydroxylation is 1. The van der Waals surface area contributed by atoms with Gasteiger partial charge in [-0.15, -0.1) is 0 Å². The molecule has 1 aliphatic heterocycles. The number of aliphatic hydroxyl groups is 1. The number of amides is 1. The second kappa shape index (κ2) is 6.00. The molecule has 1 aromatic carbocycles. The fourth-order valence-electron chi connectivity index (χ4n) is 3.75. The van der Waals surface area contributed by atoms with Gasteiger partial charge >= 0.3 is 0 Å². The van der Waals surface area contributed by atoms with Crippen molar-refractivity contribution in [1.29, 1.82) is 0 Å². The number of nitrogens with zero attached hydrogens (tertiary/aromatic N) is 3. The molecule has 1 aliphatic rings. The molecule has 7 nitrogen and oxygen atoms in total. The van der Waals surface area contributed by atoms with Crippen LogP contribution < -0.4 is 0 Å². The molecule has 2 aromatic heterocycles. The van der Waals surface area contributed by atoms with Crippen molar-refractivity contribution in [2.24, 2.45) is 0 Å². The maximum absolute atomic E-state index is 12.8. The van der Waals surface area contributed by atoms with E-state index in [0.717, 1.165) is 28.5 Å². The van der Waals surface area contributed by atoms with Crippen molar-refractivity contribution < 1.29 is 9.90 Å². The van der Waals surface area contributed by atoms with Crippen LogP contribution in [0.5, 0.6) is 0 Å². The molecule has 3 heterocycles. The number of likely N-dealkylation sites (tertiary alicyclic amines) is 1. The number of aromatic nitrogens is 4. The first kappa shape index (κ1) is 15.8. The van der Waals surface area contributed by atoms with Gasteiger partial charge in [-0.2, -0.15) is 15.4 Å². The number of piperidine rings is 1. The number of aromatic amines is 2. The van der Waals surface area contributed by atoms with Crippen molar-refractivity contribution in [3.05, 3.63) is 47.4 Å². The average Bonchev–Trinajstić information content (AvgIpc) is 3.26. The lowest BCUT2D eigenvalue weighted by Crippen LogP contribution is -2.49. The first-order valence-corrected chi connectivity index (χ1v) is 8.49. The largest absolute Gasteiger partial charge is 0.382 e. The summed E-state index contributed by atoms with van der Waals surface area (Å²) < 4.78 is 0. The molecule has 0 spiro atoms. The highest BCUT2D eigenvalue weighted by atomic mass is 16.3. The van der Waals surface area contributed by atoms with Crippen molar-refractivity contribution in [3.8, 4) is 0 Å². The summed E-state index contributed by atoms with van der Waals surface area (Å²) in [6, 6.07) is 6.07. The summed E-state index contributed by atoms with van der Waals surface area (Å²) in [5, 5.41) is 22.3. The molecule has 4 rings (SSSR count). The summed E-state index contributed by atoms with van der Waals surface area (Å²) in [4.78, 5) is 17.8. The van der Waals surface area contributed by atoms with E-state index in [1.54, 1.807) is 4.90 Å². The summed E-state index contributed by atoms with van der Waals surface area (Å²) in [7, 11) is 0. The Kier molecular flexibility index (Phi) is 3.80.